The molecule has 21 heavy (non-hydrogen) atoms. The van der Waals surface area contributed by atoms with E-state index in [9.17, 15) is 4.79 Å². The molecule has 0 saturated carbocycles. The molecule has 0 rings (SSSR count). The molecule has 4 nitrogen and oxygen atoms in total. The number of unbranched alkanes of at least 4 members (excludes halogenated alkanes) is 1. The summed E-state index contributed by atoms with van der Waals surface area (Å²) in [5.41, 5.74) is 0. The molecule has 0 amide bonds. The minimum atomic E-state index is -1.42. The Bertz CT molecular complexity index is 304. The monoisotopic (exact) mass is 333 g/mol. The van der Waals surface area contributed by atoms with E-state index in [2.05, 4.69) is 37.3 Å². The zero-order valence-corrected chi connectivity index (χ0v) is 17.1. The summed E-state index contributed by atoms with van der Waals surface area (Å²) in [6.45, 7) is 15.8. The number of carbonyl (C=O) groups excluding carboxylic acids is 1. The fourth-order valence-electron chi connectivity index (χ4n) is 2.20. The average molecular weight is 334 g/mol. The molecule has 0 aliphatic rings. The first kappa shape index (κ1) is 20.8. The van der Waals surface area contributed by atoms with Gasteiger partial charge in [0.15, 0.2) is 8.32 Å². The van der Waals surface area contributed by atoms with Gasteiger partial charge in [-0.1, -0.05) is 26.1 Å². The summed E-state index contributed by atoms with van der Waals surface area (Å²) in [4.78, 5) is 11.5. The Hall–Kier alpha value is -0.176. The van der Waals surface area contributed by atoms with E-state index in [-0.39, 0.29) is 5.97 Å². The molecule has 0 N–H and O–H groups in total. The lowest BCUT2D eigenvalue weighted by Gasteiger charge is -2.34. The molecule has 0 radical (unpaired) electrons. The third-order valence-corrected chi connectivity index (χ3v) is 8.86. The molecule has 0 unspecified atom stereocenters. The minimum Gasteiger partial charge on any atom is -0.466 e. The normalized spacial score (nSPS) is 12.8. The van der Waals surface area contributed by atoms with Gasteiger partial charge in [-0.25, -0.2) is 0 Å². The highest BCUT2D eigenvalue weighted by molar-refractivity contribution is 6.73. The van der Waals surface area contributed by atoms with Gasteiger partial charge in [-0.15, -0.1) is 0 Å². The van der Waals surface area contributed by atoms with Crippen molar-refractivity contribution < 1.29 is 14.0 Å². The van der Waals surface area contributed by atoms with E-state index in [0.717, 1.165) is 13.1 Å². The first-order chi connectivity index (χ1) is 9.62. The largest absolute Gasteiger partial charge is 0.466 e. The second-order valence-electron chi connectivity index (χ2n) is 7.13. The highest BCUT2D eigenvalue weighted by atomic mass is 28.4. The second kappa shape index (κ2) is 9.76. The first-order valence-electron chi connectivity index (χ1n) is 8.08. The molecule has 0 spiro atoms. The van der Waals surface area contributed by atoms with Gasteiger partial charge in [-0.05, 0) is 39.0 Å². The van der Waals surface area contributed by atoms with Crippen molar-refractivity contribution in [2.24, 2.45) is 0 Å². The van der Waals surface area contributed by atoms with E-state index >= 15 is 0 Å². The number of hydrogen-bond acceptors (Lipinski definition) is 4. The van der Waals surface area contributed by atoms with E-state index in [1.165, 1.54) is 18.9 Å². The van der Waals surface area contributed by atoms with Crippen LogP contribution in [0.25, 0.3) is 0 Å². The SMILES string of the molecule is CCOC(=O)CCN(CCCC[Si](C)(C)OC)[Si](C)(C)C. The van der Waals surface area contributed by atoms with Crippen molar-refractivity contribution in [2.45, 2.75) is 65.0 Å². The van der Waals surface area contributed by atoms with E-state index in [4.69, 9.17) is 9.16 Å². The van der Waals surface area contributed by atoms with Gasteiger partial charge in [0.05, 0.1) is 13.0 Å². The maximum Gasteiger partial charge on any atom is 0.307 e. The molecule has 0 heterocycles. The van der Waals surface area contributed by atoms with E-state index < -0.39 is 16.6 Å². The van der Waals surface area contributed by atoms with E-state index in [1.54, 1.807) is 0 Å². The van der Waals surface area contributed by atoms with Crippen molar-refractivity contribution in [1.82, 2.24) is 4.57 Å². The number of carbonyl (C=O) groups is 1. The molecule has 0 aromatic heterocycles. The molecule has 0 aliphatic heterocycles. The summed E-state index contributed by atoms with van der Waals surface area (Å²) >= 11 is 0. The Morgan fingerprint density at radius 1 is 1.05 bits per heavy atom. The molecule has 0 atom stereocenters. The zero-order valence-electron chi connectivity index (χ0n) is 15.1. The number of hydrogen-bond donors (Lipinski definition) is 0. The summed E-state index contributed by atoms with van der Waals surface area (Å²) in [5.74, 6) is -0.0753. The van der Waals surface area contributed by atoms with Crippen LogP contribution in [0, 0.1) is 0 Å². The Kier molecular flexibility index (Phi) is 9.68. The third kappa shape index (κ3) is 10.2. The van der Waals surface area contributed by atoms with Crippen LogP contribution in [-0.2, 0) is 14.0 Å². The van der Waals surface area contributed by atoms with Gasteiger partial charge < -0.3 is 13.7 Å². The van der Waals surface area contributed by atoms with Crippen LogP contribution in [-0.4, -0.2) is 53.9 Å². The van der Waals surface area contributed by atoms with Gasteiger partial charge in [-0.2, -0.15) is 0 Å². The van der Waals surface area contributed by atoms with Gasteiger partial charge >= 0.3 is 5.97 Å². The van der Waals surface area contributed by atoms with Crippen LogP contribution in [0.15, 0.2) is 0 Å². The predicted molar refractivity (Wildman–Crippen MR) is 94.7 cm³/mol. The van der Waals surface area contributed by atoms with Crippen LogP contribution in [0.5, 0.6) is 0 Å². The number of nitrogens with zero attached hydrogens (tertiary/aromatic N) is 1. The van der Waals surface area contributed by atoms with Crippen LogP contribution < -0.4 is 0 Å². The average Bonchev–Trinajstić information content (AvgIpc) is 2.36. The molecule has 0 aromatic carbocycles. The summed E-state index contributed by atoms with van der Waals surface area (Å²) in [6, 6.07) is 1.21. The molecule has 0 aromatic rings. The summed E-state index contributed by atoms with van der Waals surface area (Å²) in [7, 11) is -0.965. The van der Waals surface area contributed by atoms with E-state index in [1.807, 2.05) is 14.0 Å². The maximum atomic E-state index is 11.5. The van der Waals surface area contributed by atoms with Gasteiger partial charge in [0, 0.05) is 13.7 Å². The quantitative estimate of drug-likeness (QED) is 0.328. The molecular weight excluding hydrogens is 298 g/mol. The highest BCUT2D eigenvalue weighted by Crippen LogP contribution is 2.16. The van der Waals surface area contributed by atoms with Gasteiger partial charge in [0.2, 0.25) is 0 Å². The minimum absolute atomic E-state index is 0.0753. The zero-order chi connectivity index (χ0) is 16.5. The van der Waals surface area contributed by atoms with Crippen molar-refractivity contribution in [3.63, 3.8) is 0 Å². The highest BCUT2D eigenvalue weighted by Gasteiger charge is 2.25. The smallest absolute Gasteiger partial charge is 0.307 e. The van der Waals surface area contributed by atoms with Gasteiger partial charge in [-0.3, -0.25) is 4.79 Å². The van der Waals surface area contributed by atoms with Crippen molar-refractivity contribution in [2.75, 3.05) is 26.8 Å². The summed E-state index contributed by atoms with van der Waals surface area (Å²) in [6.07, 6.45) is 2.91. The van der Waals surface area contributed by atoms with Crippen LogP contribution in [0.2, 0.25) is 38.8 Å². The van der Waals surface area contributed by atoms with Crippen LogP contribution in [0.3, 0.4) is 0 Å². The number of ether oxygens (including phenoxy) is 1. The Morgan fingerprint density at radius 3 is 2.14 bits per heavy atom. The van der Waals surface area contributed by atoms with Crippen molar-refractivity contribution in [1.29, 1.82) is 0 Å². The Labute approximate surface area is 133 Å². The fraction of sp³-hybridized carbons (Fsp3) is 0.933. The summed E-state index contributed by atoms with van der Waals surface area (Å²) < 4.78 is 13.1. The van der Waals surface area contributed by atoms with E-state index in [0.29, 0.717) is 13.0 Å². The lowest BCUT2D eigenvalue weighted by Crippen LogP contribution is -2.47. The Morgan fingerprint density at radius 2 is 1.67 bits per heavy atom. The molecule has 0 fully saturated rings. The lowest BCUT2D eigenvalue weighted by molar-refractivity contribution is -0.143. The third-order valence-electron chi connectivity index (χ3n) is 3.85. The molecule has 6 heteroatoms. The van der Waals surface area contributed by atoms with Crippen molar-refractivity contribution >= 4 is 22.5 Å². The molecule has 0 aliphatic carbocycles. The Balaban J connectivity index is 4.18. The molecule has 126 valence electrons. The van der Waals surface area contributed by atoms with Crippen molar-refractivity contribution in [3.05, 3.63) is 0 Å². The molecular formula is C15H35NO3Si2. The first-order valence-corrected chi connectivity index (χ1v) is 14.6. The molecule has 0 bridgehead atoms. The maximum absolute atomic E-state index is 11.5. The van der Waals surface area contributed by atoms with Crippen LogP contribution >= 0.6 is 0 Å². The molecule has 0 saturated heterocycles. The second-order valence-corrected chi connectivity index (χ2v) is 16.5. The lowest BCUT2D eigenvalue weighted by atomic mass is 10.3. The number of esters is 1. The topological polar surface area (TPSA) is 38.8 Å². The van der Waals surface area contributed by atoms with Gasteiger partial charge in [0.1, 0.15) is 8.24 Å². The standard InChI is InChI=1S/C15H35NO3Si2/c1-8-19-15(17)11-13-16(20(3,4)5)12-9-10-14-21(6,7)18-2/h8-14H2,1-7H3. The van der Waals surface area contributed by atoms with Crippen LogP contribution in [0.4, 0.5) is 0 Å². The fourth-order valence-corrected chi connectivity index (χ4v) is 5.11. The van der Waals surface area contributed by atoms with Crippen molar-refractivity contribution in [3.8, 4) is 0 Å². The van der Waals surface area contributed by atoms with Crippen LogP contribution in [0.1, 0.15) is 26.2 Å². The number of rotatable bonds is 11. The predicted octanol–water partition coefficient (Wildman–Crippen LogP) is 3.71. The van der Waals surface area contributed by atoms with Gasteiger partial charge in [0.25, 0.3) is 0 Å². The summed E-state index contributed by atoms with van der Waals surface area (Å²) in [5, 5.41) is 0.